The van der Waals surface area contributed by atoms with Crippen molar-refractivity contribution in [2.75, 3.05) is 23.3 Å². The van der Waals surface area contributed by atoms with Crippen LogP contribution in [0.1, 0.15) is 28.9 Å². The number of nitrogens with zero attached hydrogens (tertiary/aromatic N) is 8. The number of hydrogen-bond acceptors (Lipinski definition) is 7. The van der Waals surface area contributed by atoms with Gasteiger partial charge in [-0.2, -0.15) is 28.5 Å². The third-order valence-electron chi connectivity index (χ3n) is 6.36. The minimum absolute atomic E-state index is 0.0869. The van der Waals surface area contributed by atoms with Gasteiger partial charge in [-0.3, -0.25) is 4.79 Å². The highest BCUT2D eigenvalue weighted by molar-refractivity contribution is 6.32. The van der Waals surface area contributed by atoms with Gasteiger partial charge in [0.2, 0.25) is 0 Å². The molecule has 5 heterocycles. The van der Waals surface area contributed by atoms with Gasteiger partial charge in [-0.25, -0.2) is 14.6 Å². The van der Waals surface area contributed by atoms with E-state index in [0.29, 0.717) is 16.6 Å². The van der Waals surface area contributed by atoms with Crippen molar-refractivity contribution in [3.05, 3.63) is 77.6 Å². The molecule has 0 atom stereocenters. The number of aromatic nitrogens is 7. The zero-order valence-corrected chi connectivity index (χ0v) is 20.9. The van der Waals surface area contributed by atoms with Crippen LogP contribution in [0.25, 0.3) is 22.3 Å². The second-order valence-electron chi connectivity index (χ2n) is 8.83. The summed E-state index contributed by atoms with van der Waals surface area (Å²) in [7, 11) is 0. The number of benzene rings is 1. The van der Waals surface area contributed by atoms with E-state index in [0.717, 1.165) is 36.8 Å². The summed E-state index contributed by atoms with van der Waals surface area (Å²) in [4.78, 5) is 25.0. The molecule has 1 fully saturated rings. The van der Waals surface area contributed by atoms with Gasteiger partial charge < -0.3 is 10.2 Å². The monoisotopic (exact) mass is 553 g/mol. The zero-order chi connectivity index (χ0) is 27.1. The van der Waals surface area contributed by atoms with Crippen LogP contribution in [0.2, 0.25) is 5.02 Å². The van der Waals surface area contributed by atoms with Crippen molar-refractivity contribution in [2.45, 2.75) is 19.0 Å². The average Bonchev–Trinajstić information content (AvgIpc) is 3.70. The Hall–Kier alpha value is -4.52. The molecule has 1 amide bonds. The molecule has 6 rings (SSSR count). The maximum atomic E-state index is 14.4. The number of carbonyl (C=O) groups excluding carboxylic acids is 1. The highest BCUT2D eigenvalue weighted by Crippen LogP contribution is 2.37. The van der Waals surface area contributed by atoms with Crippen LogP contribution in [0.3, 0.4) is 0 Å². The third-order valence-corrected chi connectivity index (χ3v) is 6.64. The van der Waals surface area contributed by atoms with Crippen LogP contribution in [0.5, 0.6) is 0 Å². The lowest BCUT2D eigenvalue weighted by atomic mass is 10.1. The van der Waals surface area contributed by atoms with E-state index >= 15 is 0 Å². The second-order valence-corrected chi connectivity index (χ2v) is 9.23. The molecule has 1 aliphatic heterocycles. The van der Waals surface area contributed by atoms with Gasteiger partial charge in [0, 0.05) is 23.9 Å². The van der Waals surface area contributed by atoms with Crippen molar-refractivity contribution in [3.63, 3.8) is 0 Å². The number of halogens is 4. The number of amides is 1. The number of rotatable bonds is 5. The summed E-state index contributed by atoms with van der Waals surface area (Å²) in [6.07, 6.45) is 3.52. The van der Waals surface area contributed by atoms with E-state index in [-0.39, 0.29) is 22.2 Å². The lowest BCUT2D eigenvalue weighted by Crippen LogP contribution is -2.22. The fourth-order valence-electron chi connectivity index (χ4n) is 4.65. The molecule has 0 saturated carbocycles. The van der Waals surface area contributed by atoms with E-state index in [4.69, 9.17) is 11.6 Å². The minimum Gasteiger partial charge on any atom is -0.356 e. The quantitative estimate of drug-likeness (QED) is 0.329. The van der Waals surface area contributed by atoms with Crippen molar-refractivity contribution in [3.8, 4) is 11.5 Å². The predicted molar refractivity (Wildman–Crippen MR) is 137 cm³/mol. The normalized spacial score (nSPS) is 13.8. The van der Waals surface area contributed by atoms with Gasteiger partial charge in [0.25, 0.3) is 5.91 Å². The number of carbonyl (C=O) groups is 1. The Labute approximate surface area is 224 Å². The fraction of sp³-hybridized carbons (Fsp3) is 0.200. The van der Waals surface area contributed by atoms with Crippen LogP contribution in [0, 0.1) is 0 Å². The maximum absolute atomic E-state index is 14.4. The summed E-state index contributed by atoms with van der Waals surface area (Å²) in [6, 6.07) is 8.44. The molecule has 1 aliphatic rings. The van der Waals surface area contributed by atoms with E-state index in [2.05, 4.69) is 35.5 Å². The third kappa shape index (κ3) is 4.54. The van der Waals surface area contributed by atoms with Gasteiger partial charge in [0.05, 0.1) is 52.9 Å². The smallest absolute Gasteiger partial charge is 0.356 e. The van der Waals surface area contributed by atoms with Crippen LogP contribution < -0.4 is 10.2 Å². The molecule has 1 aromatic carbocycles. The summed E-state index contributed by atoms with van der Waals surface area (Å²) >= 11 is 6.23. The first-order chi connectivity index (χ1) is 18.8. The molecule has 39 heavy (non-hydrogen) atoms. The topological polar surface area (TPSA) is 107 Å². The molecule has 1 saturated heterocycles. The Morgan fingerprint density at radius 1 is 0.923 bits per heavy atom. The first-order valence-electron chi connectivity index (χ1n) is 11.9. The van der Waals surface area contributed by atoms with Gasteiger partial charge >= 0.3 is 6.18 Å². The summed E-state index contributed by atoms with van der Waals surface area (Å²) < 4.78 is 43.9. The van der Waals surface area contributed by atoms with Gasteiger partial charge in [-0.1, -0.05) is 35.9 Å². The van der Waals surface area contributed by atoms with E-state index in [1.165, 1.54) is 35.7 Å². The number of nitrogens with one attached hydrogen (secondary N) is 1. The molecule has 10 nitrogen and oxygen atoms in total. The first kappa shape index (κ1) is 24.8. The van der Waals surface area contributed by atoms with Crippen molar-refractivity contribution in [1.82, 2.24) is 34.7 Å². The van der Waals surface area contributed by atoms with Crippen LogP contribution in [0.15, 0.2) is 61.3 Å². The maximum Gasteiger partial charge on any atom is 0.434 e. The number of fused-ring (bicyclic) bond motifs is 1. The molecule has 4 aromatic heterocycles. The molecule has 0 radical (unpaired) electrons. The fourth-order valence-corrected chi connectivity index (χ4v) is 4.89. The molecule has 0 bridgehead atoms. The highest BCUT2D eigenvalue weighted by Gasteiger charge is 2.41. The minimum atomic E-state index is -4.90. The Bertz CT molecular complexity index is 1680. The standard InChI is InChI=1S/C25H19ClF3N9O/c26-19-11-15(12-30-23(19)38-32-7-8-33-38)35-24(39)18-13-34-37(21(18)25(27,28)29)20-14-31-22(36-9-3-4-10-36)17-6-2-1-5-16(17)20/h1-2,5-8,11-14H,3-4,9-10H2,(H,35,39). The van der Waals surface area contributed by atoms with E-state index < -0.39 is 23.3 Å². The largest absolute Gasteiger partial charge is 0.434 e. The van der Waals surface area contributed by atoms with Crippen molar-refractivity contribution in [2.24, 2.45) is 0 Å². The lowest BCUT2D eigenvalue weighted by molar-refractivity contribution is -0.143. The molecule has 0 spiro atoms. The molecule has 0 aliphatic carbocycles. The van der Waals surface area contributed by atoms with Gasteiger partial charge in [-0.15, -0.1) is 4.80 Å². The average molecular weight is 554 g/mol. The Kier molecular flexibility index (Phi) is 6.14. The molecule has 0 unspecified atom stereocenters. The molecular formula is C25H19ClF3N9O. The number of pyridine rings is 2. The van der Waals surface area contributed by atoms with Crippen LogP contribution in [-0.2, 0) is 6.18 Å². The van der Waals surface area contributed by atoms with Crippen LogP contribution in [0.4, 0.5) is 24.7 Å². The van der Waals surface area contributed by atoms with Crippen molar-refractivity contribution < 1.29 is 18.0 Å². The van der Waals surface area contributed by atoms with Gasteiger partial charge in [0.1, 0.15) is 5.82 Å². The summed E-state index contributed by atoms with van der Waals surface area (Å²) in [6.45, 7) is 1.66. The second kappa shape index (κ2) is 9.66. The number of alkyl halides is 3. The molecule has 5 aromatic rings. The molecular weight excluding hydrogens is 535 g/mol. The Morgan fingerprint density at radius 2 is 1.62 bits per heavy atom. The predicted octanol–water partition coefficient (Wildman–Crippen LogP) is 4.92. The number of hydrogen-bond donors (Lipinski definition) is 1. The highest BCUT2D eigenvalue weighted by atomic mass is 35.5. The van der Waals surface area contributed by atoms with Crippen LogP contribution >= 0.6 is 11.6 Å². The molecule has 14 heteroatoms. The summed E-state index contributed by atoms with van der Waals surface area (Å²) in [5, 5.41) is 15.6. The Morgan fingerprint density at radius 3 is 2.31 bits per heavy atom. The molecule has 1 N–H and O–H groups in total. The SMILES string of the molecule is O=C(Nc1cnc(-n2nccn2)c(Cl)c1)c1cnn(-c2cnc(N3CCCC3)c3ccccc23)c1C(F)(F)F. The summed E-state index contributed by atoms with van der Waals surface area (Å²) in [5.41, 5.74) is -1.69. The van der Waals surface area contributed by atoms with Gasteiger partial charge in [0.15, 0.2) is 11.5 Å². The van der Waals surface area contributed by atoms with Gasteiger partial charge in [-0.05, 0) is 18.9 Å². The summed E-state index contributed by atoms with van der Waals surface area (Å²) in [5.74, 6) is -0.119. The van der Waals surface area contributed by atoms with Crippen molar-refractivity contribution in [1.29, 1.82) is 0 Å². The zero-order valence-electron chi connectivity index (χ0n) is 20.1. The van der Waals surface area contributed by atoms with Crippen molar-refractivity contribution >= 4 is 39.8 Å². The van der Waals surface area contributed by atoms with Crippen LogP contribution in [-0.4, -0.2) is 53.7 Å². The molecule has 198 valence electrons. The lowest BCUT2D eigenvalue weighted by Gasteiger charge is -2.20. The van der Waals surface area contributed by atoms with E-state index in [1.54, 1.807) is 12.1 Å². The van der Waals surface area contributed by atoms with E-state index in [1.807, 2.05) is 12.1 Å². The number of anilines is 2. The van der Waals surface area contributed by atoms with E-state index in [9.17, 15) is 18.0 Å². The Balaban J connectivity index is 1.38. The first-order valence-corrected chi connectivity index (χ1v) is 12.3.